The summed E-state index contributed by atoms with van der Waals surface area (Å²) in [5.41, 5.74) is 0.769. The van der Waals surface area contributed by atoms with Crippen molar-refractivity contribution in [1.29, 1.82) is 0 Å². The summed E-state index contributed by atoms with van der Waals surface area (Å²) in [5.74, 6) is 1.23. The number of aliphatic hydroxyl groups excluding tert-OH is 1. The van der Waals surface area contributed by atoms with Crippen molar-refractivity contribution in [3.05, 3.63) is 33.2 Å². The number of rotatable bonds is 6. The monoisotopic (exact) mass is 364 g/mol. The highest BCUT2D eigenvalue weighted by Crippen LogP contribution is 2.37. The van der Waals surface area contributed by atoms with Crippen LogP contribution in [0.4, 0.5) is 0 Å². The predicted octanol–water partition coefficient (Wildman–Crippen LogP) is 3.63. The molecular formula is C12H14Br2O3. The molecule has 1 rings (SSSR count). The Bertz CT molecular complexity index is 405. The minimum Gasteiger partial charge on any atom is -0.490 e. The van der Waals surface area contributed by atoms with Gasteiger partial charge in [0.2, 0.25) is 0 Å². The Hall–Kier alpha value is -0.520. The lowest BCUT2D eigenvalue weighted by atomic mass is 10.2. The third kappa shape index (κ3) is 4.33. The van der Waals surface area contributed by atoms with Crippen LogP contribution in [0, 0.1) is 0 Å². The second-order valence-corrected chi connectivity index (χ2v) is 5.28. The van der Waals surface area contributed by atoms with Crippen molar-refractivity contribution in [2.24, 2.45) is 0 Å². The van der Waals surface area contributed by atoms with Gasteiger partial charge in [-0.05, 0) is 40.5 Å². The molecule has 0 spiro atoms. The van der Waals surface area contributed by atoms with Gasteiger partial charge < -0.3 is 14.6 Å². The van der Waals surface area contributed by atoms with Crippen molar-refractivity contribution >= 4 is 31.9 Å². The van der Waals surface area contributed by atoms with Crippen LogP contribution in [-0.4, -0.2) is 18.3 Å². The lowest BCUT2D eigenvalue weighted by Gasteiger charge is -2.14. The molecule has 0 amide bonds. The van der Waals surface area contributed by atoms with Crippen LogP contribution < -0.4 is 9.47 Å². The topological polar surface area (TPSA) is 38.7 Å². The maximum atomic E-state index is 9.12. The zero-order valence-electron chi connectivity index (χ0n) is 9.50. The third-order valence-corrected chi connectivity index (χ3v) is 2.74. The first-order valence-electron chi connectivity index (χ1n) is 5.10. The highest BCUT2D eigenvalue weighted by Gasteiger charge is 2.12. The van der Waals surface area contributed by atoms with Crippen molar-refractivity contribution in [3.8, 4) is 11.5 Å². The number of aliphatic hydroxyl groups is 1. The Morgan fingerprint density at radius 1 is 1.41 bits per heavy atom. The number of benzene rings is 1. The van der Waals surface area contributed by atoms with E-state index < -0.39 is 0 Å². The first-order chi connectivity index (χ1) is 8.08. The molecule has 0 fully saturated rings. The lowest BCUT2D eigenvalue weighted by Crippen LogP contribution is -2.02. The fourth-order valence-corrected chi connectivity index (χ4v) is 1.98. The molecule has 17 heavy (non-hydrogen) atoms. The van der Waals surface area contributed by atoms with Crippen molar-refractivity contribution in [2.75, 3.05) is 13.2 Å². The Balaban J connectivity index is 3.02. The highest BCUT2D eigenvalue weighted by atomic mass is 79.9. The normalized spacial score (nSPS) is 10.1. The number of halogens is 2. The van der Waals surface area contributed by atoms with Crippen LogP contribution in [0.3, 0.4) is 0 Å². The third-order valence-electron chi connectivity index (χ3n) is 1.92. The van der Waals surface area contributed by atoms with Crippen molar-refractivity contribution < 1.29 is 14.6 Å². The number of ether oxygens (including phenoxy) is 2. The van der Waals surface area contributed by atoms with Gasteiger partial charge in [0.25, 0.3) is 0 Å². The molecule has 0 aliphatic carbocycles. The highest BCUT2D eigenvalue weighted by molar-refractivity contribution is 9.11. The van der Waals surface area contributed by atoms with E-state index in [9.17, 15) is 0 Å². The smallest absolute Gasteiger partial charge is 0.175 e. The minimum atomic E-state index is -0.0376. The van der Waals surface area contributed by atoms with Crippen LogP contribution in [0.15, 0.2) is 27.7 Å². The van der Waals surface area contributed by atoms with Gasteiger partial charge in [0.05, 0.1) is 17.7 Å². The molecule has 0 heterocycles. The van der Waals surface area contributed by atoms with E-state index in [1.165, 1.54) is 0 Å². The fourth-order valence-electron chi connectivity index (χ4n) is 1.27. The Kier molecular flexibility index (Phi) is 6.02. The van der Waals surface area contributed by atoms with E-state index in [1.54, 1.807) is 12.1 Å². The summed E-state index contributed by atoms with van der Waals surface area (Å²) in [4.78, 5) is 0. The summed E-state index contributed by atoms with van der Waals surface area (Å²) < 4.78 is 12.6. The molecule has 0 radical (unpaired) electrons. The average molecular weight is 366 g/mol. The van der Waals surface area contributed by atoms with Gasteiger partial charge in [-0.25, -0.2) is 0 Å². The molecule has 1 aromatic rings. The van der Waals surface area contributed by atoms with Gasteiger partial charge in [-0.1, -0.05) is 22.5 Å². The average Bonchev–Trinajstić information content (AvgIpc) is 2.27. The van der Waals surface area contributed by atoms with Crippen LogP contribution in [0.25, 0.3) is 0 Å². The molecule has 1 N–H and O–H groups in total. The van der Waals surface area contributed by atoms with Gasteiger partial charge in [-0.15, -0.1) is 0 Å². The molecule has 0 aliphatic rings. The van der Waals surface area contributed by atoms with Crippen molar-refractivity contribution in [1.82, 2.24) is 0 Å². The molecular weight excluding hydrogens is 352 g/mol. The molecule has 3 nitrogen and oxygen atoms in total. The van der Waals surface area contributed by atoms with Gasteiger partial charge >= 0.3 is 0 Å². The summed E-state index contributed by atoms with van der Waals surface area (Å²) >= 11 is 6.63. The second-order valence-electron chi connectivity index (χ2n) is 3.30. The standard InChI is InChI=1S/C12H14Br2O3/c1-3-16-11-5-9(6-15)4-10(14)12(11)17-7-8(2)13/h4-5,15H,2-3,6-7H2,1H3. The summed E-state index contributed by atoms with van der Waals surface area (Å²) in [5, 5.41) is 9.12. The molecule has 0 atom stereocenters. The molecule has 0 unspecified atom stereocenters. The van der Waals surface area contributed by atoms with Gasteiger partial charge in [0, 0.05) is 4.48 Å². The summed E-state index contributed by atoms with van der Waals surface area (Å²) in [7, 11) is 0. The maximum Gasteiger partial charge on any atom is 0.175 e. The van der Waals surface area contributed by atoms with E-state index in [0.29, 0.717) is 24.7 Å². The van der Waals surface area contributed by atoms with Gasteiger partial charge in [-0.2, -0.15) is 0 Å². The zero-order chi connectivity index (χ0) is 12.8. The van der Waals surface area contributed by atoms with Gasteiger partial charge in [-0.3, -0.25) is 0 Å². The Labute approximate surface area is 118 Å². The van der Waals surface area contributed by atoms with E-state index >= 15 is 0 Å². The molecule has 0 saturated carbocycles. The maximum absolute atomic E-state index is 9.12. The largest absolute Gasteiger partial charge is 0.490 e. The zero-order valence-corrected chi connectivity index (χ0v) is 12.7. The molecule has 0 bridgehead atoms. The minimum absolute atomic E-state index is 0.0376. The molecule has 0 saturated heterocycles. The van der Waals surface area contributed by atoms with Crippen LogP contribution in [0.1, 0.15) is 12.5 Å². The van der Waals surface area contributed by atoms with E-state index in [4.69, 9.17) is 14.6 Å². The predicted molar refractivity (Wildman–Crippen MR) is 74.8 cm³/mol. The summed E-state index contributed by atoms with van der Waals surface area (Å²) in [6.07, 6.45) is 0. The Morgan fingerprint density at radius 2 is 2.12 bits per heavy atom. The van der Waals surface area contributed by atoms with Gasteiger partial charge in [0.15, 0.2) is 11.5 Å². The SMILES string of the molecule is C=C(Br)COc1c(Br)cc(CO)cc1OCC. The first kappa shape index (κ1) is 14.5. The summed E-state index contributed by atoms with van der Waals surface area (Å²) in [6, 6.07) is 3.56. The van der Waals surface area contributed by atoms with E-state index in [2.05, 4.69) is 38.4 Å². The van der Waals surface area contributed by atoms with E-state index in [0.717, 1.165) is 14.5 Å². The van der Waals surface area contributed by atoms with Crippen molar-refractivity contribution in [3.63, 3.8) is 0 Å². The van der Waals surface area contributed by atoms with Crippen LogP contribution in [-0.2, 0) is 6.61 Å². The number of hydrogen-bond donors (Lipinski definition) is 1. The Morgan fingerprint density at radius 3 is 2.65 bits per heavy atom. The second kappa shape index (κ2) is 7.03. The van der Waals surface area contributed by atoms with Gasteiger partial charge in [0.1, 0.15) is 6.61 Å². The molecule has 0 aliphatic heterocycles. The van der Waals surface area contributed by atoms with E-state index in [1.807, 2.05) is 6.92 Å². The molecule has 0 aromatic heterocycles. The lowest BCUT2D eigenvalue weighted by molar-refractivity contribution is 0.275. The quantitative estimate of drug-likeness (QED) is 0.836. The fraction of sp³-hybridized carbons (Fsp3) is 0.333. The van der Waals surface area contributed by atoms with Crippen LogP contribution >= 0.6 is 31.9 Å². The summed E-state index contributed by atoms with van der Waals surface area (Å²) in [6.45, 7) is 6.46. The van der Waals surface area contributed by atoms with Crippen molar-refractivity contribution in [2.45, 2.75) is 13.5 Å². The molecule has 94 valence electrons. The van der Waals surface area contributed by atoms with Crippen LogP contribution in [0.5, 0.6) is 11.5 Å². The van der Waals surface area contributed by atoms with E-state index in [-0.39, 0.29) is 6.61 Å². The molecule has 5 heteroatoms. The first-order valence-corrected chi connectivity index (χ1v) is 6.69. The van der Waals surface area contributed by atoms with Crippen LogP contribution in [0.2, 0.25) is 0 Å². The number of hydrogen-bond acceptors (Lipinski definition) is 3. The molecule has 1 aromatic carbocycles.